The van der Waals surface area contributed by atoms with E-state index in [4.69, 9.17) is 10.2 Å². The predicted octanol–water partition coefficient (Wildman–Crippen LogP) is 4.36. The van der Waals surface area contributed by atoms with Gasteiger partial charge in [0.1, 0.15) is 12.1 Å². The molecule has 3 rings (SSSR count). The van der Waals surface area contributed by atoms with Crippen LogP contribution in [0.15, 0.2) is 64.1 Å². The second-order valence-electron chi connectivity index (χ2n) is 4.51. The van der Waals surface area contributed by atoms with Crippen molar-refractivity contribution in [3.05, 3.63) is 66.3 Å². The van der Waals surface area contributed by atoms with Crippen LogP contribution in [0.25, 0.3) is 11.5 Å². The van der Waals surface area contributed by atoms with Crippen molar-refractivity contribution in [3.8, 4) is 11.5 Å². The summed E-state index contributed by atoms with van der Waals surface area (Å²) in [4.78, 5) is 5.49. The number of oxazole rings is 1. The second kappa shape index (κ2) is 6.01. The Balaban J connectivity index is 1.69. The third-order valence-corrected chi connectivity index (χ3v) is 3.94. The molecule has 0 amide bonds. The Morgan fingerprint density at radius 3 is 2.71 bits per heavy atom. The number of hydrogen-bond donors (Lipinski definition) is 1. The fourth-order valence-corrected chi connectivity index (χ4v) is 2.62. The number of aromatic nitrogens is 1. The SMILES string of the molecule is Nc1ccc(SCc2coc(-c3cccc(F)c3)n2)cc1. The van der Waals surface area contributed by atoms with Crippen LogP contribution in [-0.4, -0.2) is 4.98 Å². The summed E-state index contributed by atoms with van der Waals surface area (Å²) in [5.74, 6) is 0.814. The van der Waals surface area contributed by atoms with Gasteiger partial charge in [-0.25, -0.2) is 9.37 Å². The summed E-state index contributed by atoms with van der Waals surface area (Å²) < 4.78 is 18.6. The first kappa shape index (κ1) is 13.7. The Hall–Kier alpha value is -2.27. The lowest BCUT2D eigenvalue weighted by atomic mass is 10.2. The fraction of sp³-hybridized carbons (Fsp3) is 0.0625. The van der Waals surface area contributed by atoms with Gasteiger partial charge in [-0.3, -0.25) is 0 Å². The molecule has 1 aromatic heterocycles. The largest absolute Gasteiger partial charge is 0.444 e. The van der Waals surface area contributed by atoms with E-state index in [9.17, 15) is 4.39 Å². The van der Waals surface area contributed by atoms with Gasteiger partial charge in [-0.1, -0.05) is 6.07 Å². The maximum atomic E-state index is 13.2. The standard InChI is InChI=1S/C16H13FN2OS/c17-12-3-1-2-11(8-12)16-19-14(9-20-16)10-21-15-6-4-13(18)5-7-15/h1-9H,10,18H2. The highest BCUT2D eigenvalue weighted by Crippen LogP contribution is 2.25. The molecule has 0 unspecified atom stereocenters. The van der Waals surface area contributed by atoms with Crippen molar-refractivity contribution in [2.75, 3.05) is 5.73 Å². The Labute approximate surface area is 126 Å². The lowest BCUT2D eigenvalue weighted by Crippen LogP contribution is -1.85. The lowest BCUT2D eigenvalue weighted by Gasteiger charge is -1.99. The van der Waals surface area contributed by atoms with Gasteiger partial charge in [0.2, 0.25) is 5.89 Å². The molecule has 2 aromatic carbocycles. The molecule has 0 saturated carbocycles. The molecule has 0 spiro atoms. The summed E-state index contributed by atoms with van der Waals surface area (Å²) in [7, 11) is 0. The third-order valence-electron chi connectivity index (χ3n) is 2.89. The molecule has 21 heavy (non-hydrogen) atoms. The molecule has 0 aliphatic rings. The number of benzene rings is 2. The van der Waals surface area contributed by atoms with Gasteiger partial charge in [0.15, 0.2) is 0 Å². The topological polar surface area (TPSA) is 52.0 Å². The number of nitrogens with two attached hydrogens (primary N) is 1. The summed E-state index contributed by atoms with van der Waals surface area (Å²) in [5.41, 5.74) is 7.84. The van der Waals surface area contributed by atoms with Crippen LogP contribution in [-0.2, 0) is 5.75 Å². The average Bonchev–Trinajstić information content (AvgIpc) is 2.96. The predicted molar refractivity (Wildman–Crippen MR) is 82.3 cm³/mol. The minimum absolute atomic E-state index is 0.302. The average molecular weight is 300 g/mol. The first-order chi connectivity index (χ1) is 10.2. The molecule has 0 aliphatic heterocycles. The zero-order valence-electron chi connectivity index (χ0n) is 11.1. The van der Waals surface area contributed by atoms with E-state index in [1.807, 2.05) is 24.3 Å². The van der Waals surface area contributed by atoms with E-state index in [0.717, 1.165) is 16.3 Å². The van der Waals surface area contributed by atoms with Crippen LogP contribution >= 0.6 is 11.8 Å². The van der Waals surface area contributed by atoms with Gasteiger partial charge in [-0.2, -0.15) is 0 Å². The highest BCUT2D eigenvalue weighted by atomic mass is 32.2. The molecule has 0 fully saturated rings. The van der Waals surface area contributed by atoms with Gasteiger partial charge < -0.3 is 10.2 Å². The molecule has 2 N–H and O–H groups in total. The number of nitrogens with zero attached hydrogens (tertiary/aromatic N) is 1. The van der Waals surface area contributed by atoms with Crippen molar-refractivity contribution < 1.29 is 8.81 Å². The molecule has 5 heteroatoms. The fourth-order valence-electron chi connectivity index (χ4n) is 1.85. The normalized spacial score (nSPS) is 10.7. The van der Waals surface area contributed by atoms with Crippen molar-refractivity contribution in [1.82, 2.24) is 4.98 Å². The van der Waals surface area contributed by atoms with Gasteiger partial charge in [0.25, 0.3) is 0 Å². The first-order valence-electron chi connectivity index (χ1n) is 6.39. The van der Waals surface area contributed by atoms with E-state index in [1.165, 1.54) is 12.1 Å². The molecule has 3 nitrogen and oxygen atoms in total. The van der Waals surface area contributed by atoms with Gasteiger partial charge in [0, 0.05) is 21.9 Å². The van der Waals surface area contributed by atoms with Crippen LogP contribution in [0.1, 0.15) is 5.69 Å². The smallest absolute Gasteiger partial charge is 0.226 e. The van der Waals surface area contributed by atoms with E-state index in [0.29, 0.717) is 17.2 Å². The van der Waals surface area contributed by atoms with Crippen molar-refractivity contribution in [2.45, 2.75) is 10.6 Å². The Morgan fingerprint density at radius 2 is 1.95 bits per heavy atom. The summed E-state index contributed by atoms with van der Waals surface area (Å²) >= 11 is 1.64. The number of anilines is 1. The van der Waals surface area contributed by atoms with Gasteiger partial charge >= 0.3 is 0 Å². The summed E-state index contributed by atoms with van der Waals surface area (Å²) in [6, 6.07) is 13.9. The Morgan fingerprint density at radius 1 is 1.14 bits per heavy atom. The molecule has 106 valence electrons. The van der Waals surface area contributed by atoms with Crippen molar-refractivity contribution in [2.24, 2.45) is 0 Å². The van der Waals surface area contributed by atoms with Gasteiger partial charge in [0.05, 0.1) is 5.69 Å². The molecule has 0 radical (unpaired) electrons. The van der Waals surface area contributed by atoms with Crippen LogP contribution in [0.3, 0.4) is 0 Å². The summed E-state index contributed by atoms with van der Waals surface area (Å²) in [6.07, 6.45) is 1.60. The van der Waals surface area contributed by atoms with Crippen LogP contribution in [0.5, 0.6) is 0 Å². The molecule has 0 bridgehead atoms. The Bertz CT molecular complexity index is 740. The Kier molecular flexibility index (Phi) is 3.92. The van der Waals surface area contributed by atoms with Crippen molar-refractivity contribution >= 4 is 17.4 Å². The molecule has 1 heterocycles. The molecular formula is C16H13FN2OS. The van der Waals surface area contributed by atoms with Crippen molar-refractivity contribution in [3.63, 3.8) is 0 Å². The second-order valence-corrected chi connectivity index (χ2v) is 5.56. The number of rotatable bonds is 4. The molecule has 0 aliphatic carbocycles. The van der Waals surface area contributed by atoms with Crippen LogP contribution in [0.4, 0.5) is 10.1 Å². The van der Waals surface area contributed by atoms with Gasteiger partial charge in [-0.15, -0.1) is 11.8 Å². The number of halogens is 1. The molecule has 0 atom stereocenters. The van der Waals surface area contributed by atoms with E-state index in [-0.39, 0.29) is 5.82 Å². The third kappa shape index (κ3) is 3.44. The van der Waals surface area contributed by atoms with Crippen LogP contribution < -0.4 is 5.73 Å². The highest BCUT2D eigenvalue weighted by molar-refractivity contribution is 7.98. The quantitative estimate of drug-likeness (QED) is 0.574. The zero-order chi connectivity index (χ0) is 14.7. The van der Waals surface area contributed by atoms with E-state index in [1.54, 1.807) is 30.2 Å². The summed E-state index contributed by atoms with van der Waals surface area (Å²) in [6.45, 7) is 0. The monoisotopic (exact) mass is 300 g/mol. The minimum Gasteiger partial charge on any atom is -0.444 e. The van der Waals surface area contributed by atoms with Crippen LogP contribution in [0.2, 0.25) is 0 Å². The molecular weight excluding hydrogens is 287 g/mol. The van der Waals surface area contributed by atoms with E-state index >= 15 is 0 Å². The van der Waals surface area contributed by atoms with E-state index < -0.39 is 0 Å². The lowest BCUT2D eigenvalue weighted by molar-refractivity contribution is 0.571. The summed E-state index contributed by atoms with van der Waals surface area (Å²) in [5, 5.41) is 0. The van der Waals surface area contributed by atoms with E-state index in [2.05, 4.69) is 4.98 Å². The maximum absolute atomic E-state index is 13.2. The molecule has 0 saturated heterocycles. The number of hydrogen-bond acceptors (Lipinski definition) is 4. The number of thioether (sulfide) groups is 1. The first-order valence-corrected chi connectivity index (χ1v) is 7.38. The van der Waals surface area contributed by atoms with Gasteiger partial charge in [-0.05, 0) is 42.5 Å². The van der Waals surface area contributed by atoms with Crippen molar-refractivity contribution in [1.29, 1.82) is 0 Å². The number of nitrogen functional groups attached to an aromatic ring is 1. The highest BCUT2D eigenvalue weighted by Gasteiger charge is 2.08. The maximum Gasteiger partial charge on any atom is 0.226 e. The minimum atomic E-state index is -0.302. The van der Waals surface area contributed by atoms with Crippen LogP contribution in [0, 0.1) is 5.82 Å². The molecule has 3 aromatic rings. The zero-order valence-corrected chi connectivity index (χ0v) is 11.9.